The Kier molecular flexibility index (Phi) is 2.53. The van der Waals surface area contributed by atoms with Gasteiger partial charge in [0, 0.05) is 25.2 Å². The number of likely N-dealkylation sites (tertiary alicyclic amines) is 1. The van der Waals surface area contributed by atoms with Gasteiger partial charge in [-0.3, -0.25) is 4.90 Å². The normalized spacial score (nSPS) is 23.5. The Morgan fingerprint density at radius 3 is 2.53 bits per heavy atom. The molecule has 1 aromatic rings. The first-order chi connectivity index (χ1) is 8.07. The van der Waals surface area contributed by atoms with Crippen molar-refractivity contribution in [1.82, 2.24) is 4.90 Å². The highest BCUT2D eigenvalue weighted by molar-refractivity contribution is 5.30. The molecule has 0 aromatic heterocycles. The molecule has 92 valence electrons. The molecule has 2 N–H and O–H groups in total. The first-order valence-corrected chi connectivity index (χ1v) is 6.64. The molecule has 0 spiro atoms. The lowest BCUT2D eigenvalue weighted by Gasteiger charge is -2.48. The van der Waals surface area contributed by atoms with E-state index in [2.05, 4.69) is 36.9 Å². The van der Waals surface area contributed by atoms with Crippen LogP contribution < -0.4 is 5.73 Å². The SMILES string of the molecule is Cc1ccc(CN2CC(N)(C3CC3)C2)cc1C. The van der Waals surface area contributed by atoms with Gasteiger partial charge in [-0.25, -0.2) is 0 Å². The highest BCUT2D eigenvalue weighted by Crippen LogP contribution is 2.43. The van der Waals surface area contributed by atoms with Gasteiger partial charge in [0.25, 0.3) is 0 Å². The van der Waals surface area contributed by atoms with Crippen molar-refractivity contribution in [3.8, 4) is 0 Å². The van der Waals surface area contributed by atoms with Crippen molar-refractivity contribution in [2.45, 2.75) is 38.8 Å². The van der Waals surface area contributed by atoms with Crippen LogP contribution in [0.2, 0.25) is 0 Å². The van der Waals surface area contributed by atoms with E-state index in [4.69, 9.17) is 5.73 Å². The third-order valence-corrected chi connectivity index (χ3v) is 4.40. The van der Waals surface area contributed by atoms with Crippen molar-refractivity contribution in [2.75, 3.05) is 13.1 Å². The molecule has 1 heterocycles. The predicted molar refractivity (Wildman–Crippen MR) is 70.8 cm³/mol. The van der Waals surface area contributed by atoms with E-state index in [1.165, 1.54) is 29.5 Å². The van der Waals surface area contributed by atoms with Crippen molar-refractivity contribution >= 4 is 0 Å². The van der Waals surface area contributed by atoms with Crippen molar-refractivity contribution in [3.63, 3.8) is 0 Å². The van der Waals surface area contributed by atoms with Gasteiger partial charge in [-0.2, -0.15) is 0 Å². The Morgan fingerprint density at radius 2 is 1.94 bits per heavy atom. The van der Waals surface area contributed by atoms with Gasteiger partial charge in [-0.1, -0.05) is 18.2 Å². The van der Waals surface area contributed by atoms with Crippen LogP contribution in [-0.4, -0.2) is 23.5 Å². The van der Waals surface area contributed by atoms with Crippen LogP contribution in [0.4, 0.5) is 0 Å². The third-order valence-electron chi connectivity index (χ3n) is 4.40. The molecule has 2 heteroatoms. The van der Waals surface area contributed by atoms with Gasteiger partial charge in [-0.15, -0.1) is 0 Å². The largest absolute Gasteiger partial charge is 0.323 e. The maximum absolute atomic E-state index is 6.36. The van der Waals surface area contributed by atoms with Gasteiger partial charge in [0.05, 0.1) is 0 Å². The van der Waals surface area contributed by atoms with Crippen LogP contribution in [0.1, 0.15) is 29.5 Å². The third kappa shape index (κ3) is 2.12. The minimum absolute atomic E-state index is 0.153. The minimum atomic E-state index is 0.153. The van der Waals surface area contributed by atoms with Crippen LogP contribution in [-0.2, 0) is 6.54 Å². The molecule has 1 aliphatic heterocycles. The average molecular weight is 230 g/mol. The molecule has 2 fully saturated rings. The zero-order valence-corrected chi connectivity index (χ0v) is 10.9. The van der Waals surface area contributed by atoms with Gasteiger partial charge in [0.15, 0.2) is 0 Å². The Bertz CT molecular complexity index is 429. The molecular formula is C15H22N2. The molecule has 1 aromatic carbocycles. The number of aryl methyl sites for hydroxylation is 2. The maximum Gasteiger partial charge on any atom is 0.0441 e. The zero-order valence-electron chi connectivity index (χ0n) is 10.9. The quantitative estimate of drug-likeness (QED) is 0.862. The van der Waals surface area contributed by atoms with Crippen molar-refractivity contribution < 1.29 is 0 Å². The average Bonchev–Trinajstić information content (AvgIpc) is 3.04. The molecule has 0 amide bonds. The molecule has 1 aliphatic carbocycles. The van der Waals surface area contributed by atoms with Crippen LogP contribution in [0.5, 0.6) is 0 Å². The van der Waals surface area contributed by atoms with E-state index in [0.717, 1.165) is 25.6 Å². The Balaban J connectivity index is 1.59. The topological polar surface area (TPSA) is 29.3 Å². The number of nitrogens with zero attached hydrogens (tertiary/aromatic N) is 1. The summed E-state index contributed by atoms with van der Waals surface area (Å²) in [6.07, 6.45) is 2.71. The van der Waals surface area contributed by atoms with Gasteiger partial charge in [-0.05, 0) is 49.3 Å². The number of hydrogen-bond acceptors (Lipinski definition) is 2. The Hall–Kier alpha value is -0.860. The highest BCUT2D eigenvalue weighted by Gasteiger charge is 2.49. The molecule has 3 rings (SSSR count). The maximum atomic E-state index is 6.36. The summed E-state index contributed by atoms with van der Waals surface area (Å²) in [7, 11) is 0. The lowest BCUT2D eigenvalue weighted by molar-refractivity contribution is 0.0478. The second-order valence-electron chi connectivity index (χ2n) is 6.07. The Labute approximate surface area is 104 Å². The molecule has 2 aliphatic rings. The van der Waals surface area contributed by atoms with Crippen LogP contribution in [0.15, 0.2) is 18.2 Å². The van der Waals surface area contributed by atoms with E-state index >= 15 is 0 Å². The lowest BCUT2D eigenvalue weighted by atomic mass is 9.85. The van der Waals surface area contributed by atoms with E-state index in [0.29, 0.717) is 0 Å². The first-order valence-electron chi connectivity index (χ1n) is 6.64. The number of nitrogens with two attached hydrogens (primary N) is 1. The van der Waals surface area contributed by atoms with Gasteiger partial charge in [0.1, 0.15) is 0 Å². The fraction of sp³-hybridized carbons (Fsp3) is 0.600. The molecule has 1 saturated carbocycles. The molecule has 0 atom stereocenters. The fourth-order valence-electron chi connectivity index (χ4n) is 2.97. The first kappa shape index (κ1) is 11.2. The summed E-state index contributed by atoms with van der Waals surface area (Å²) >= 11 is 0. The van der Waals surface area contributed by atoms with Crippen molar-refractivity contribution in [3.05, 3.63) is 34.9 Å². The minimum Gasteiger partial charge on any atom is -0.323 e. The molecule has 0 bridgehead atoms. The molecule has 0 radical (unpaired) electrons. The van der Waals surface area contributed by atoms with Crippen molar-refractivity contribution in [1.29, 1.82) is 0 Å². The van der Waals surface area contributed by atoms with Crippen LogP contribution in [0.25, 0.3) is 0 Å². The van der Waals surface area contributed by atoms with Gasteiger partial charge < -0.3 is 5.73 Å². The van der Waals surface area contributed by atoms with Crippen LogP contribution >= 0.6 is 0 Å². The smallest absolute Gasteiger partial charge is 0.0441 e. The summed E-state index contributed by atoms with van der Waals surface area (Å²) in [5, 5.41) is 0. The standard InChI is InChI=1S/C15H22N2/c1-11-3-4-13(7-12(11)2)8-17-9-15(16,10-17)14-5-6-14/h3-4,7,14H,5-6,8-10,16H2,1-2H3. The van der Waals surface area contributed by atoms with E-state index in [9.17, 15) is 0 Å². The number of hydrogen-bond donors (Lipinski definition) is 1. The molecule has 2 nitrogen and oxygen atoms in total. The second kappa shape index (κ2) is 3.82. The second-order valence-corrected chi connectivity index (χ2v) is 6.07. The monoisotopic (exact) mass is 230 g/mol. The summed E-state index contributed by atoms with van der Waals surface area (Å²) < 4.78 is 0. The summed E-state index contributed by atoms with van der Waals surface area (Å²) in [5.41, 5.74) is 10.7. The fourth-order valence-corrected chi connectivity index (χ4v) is 2.97. The summed E-state index contributed by atoms with van der Waals surface area (Å²) in [6, 6.07) is 6.78. The Morgan fingerprint density at radius 1 is 1.24 bits per heavy atom. The molecule has 1 saturated heterocycles. The van der Waals surface area contributed by atoms with Gasteiger partial charge in [0.2, 0.25) is 0 Å². The summed E-state index contributed by atoms with van der Waals surface area (Å²) in [5.74, 6) is 0.818. The molecular weight excluding hydrogens is 208 g/mol. The van der Waals surface area contributed by atoms with E-state index in [-0.39, 0.29) is 5.54 Å². The lowest BCUT2D eigenvalue weighted by Crippen LogP contribution is -2.68. The summed E-state index contributed by atoms with van der Waals surface area (Å²) in [6.45, 7) is 7.59. The molecule has 0 unspecified atom stereocenters. The van der Waals surface area contributed by atoms with Crippen molar-refractivity contribution in [2.24, 2.45) is 11.7 Å². The predicted octanol–water partition coefficient (Wildman–Crippen LogP) is 2.23. The summed E-state index contributed by atoms with van der Waals surface area (Å²) in [4.78, 5) is 2.47. The van der Waals surface area contributed by atoms with E-state index in [1.807, 2.05) is 0 Å². The highest BCUT2D eigenvalue weighted by atomic mass is 15.3. The van der Waals surface area contributed by atoms with E-state index < -0.39 is 0 Å². The van der Waals surface area contributed by atoms with E-state index in [1.54, 1.807) is 0 Å². The zero-order chi connectivity index (χ0) is 12.0. The molecule has 17 heavy (non-hydrogen) atoms. The number of rotatable bonds is 3. The van der Waals surface area contributed by atoms with Gasteiger partial charge >= 0.3 is 0 Å². The van der Waals surface area contributed by atoms with Crippen LogP contribution in [0.3, 0.4) is 0 Å². The number of benzene rings is 1. The van der Waals surface area contributed by atoms with Crippen LogP contribution in [0, 0.1) is 19.8 Å².